The summed E-state index contributed by atoms with van der Waals surface area (Å²) in [6, 6.07) is 9.32. The minimum atomic E-state index is -0.294. The smallest absolute Gasteiger partial charge is 0.283 e. The van der Waals surface area contributed by atoms with E-state index in [1.165, 1.54) is 4.68 Å². The molecule has 0 aliphatic heterocycles. The summed E-state index contributed by atoms with van der Waals surface area (Å²) in [6.07, 6.45) is 2.28. The zero-order chi connectivity index (χ0) is 16.8. The monoisotopic (exact) mass is 322 g/mol. The summed E-state index contributed by atoms with van der Waals surface area (Å²) >= 11 is 0. The number of benzene rings is 1. The van der Waals surface area contributed by atoms with E-state index in [9.17, 15) is 4.79 Å². The van der Waals surface area contributed by atoms with Gasteiger partial charge in [-0.3, -0.25) is 4.79 Å². The first-order valence-electron chi connectivity index (χ1n) is 7.93. The average Bonchev–Trinajstić information content (AvgIpc) is 3.38. The summed E-state index contributed by atoms with van der Waals surface area (Å²) in [7, 11) is 1.55. The van der Waals surface area contributed by atoms with Gasteiger partial charge in [-0.2, -0.15) is 4.68 Å². The van der Waals surface area contributed by atoms with Crippen molar-refractivity contribution in [3.05, 3.63) is 47.2 Å². The fourth-order valence-corrected chi connectivity index (χ4v) is 2.99. The molecule has 4 rings (SSSR count). The van der Waals surface area contributed by atoms with E-state index in [2.05, 4.69) is 10.1 Å². The molecule has 0 unspecified atom stereocenters. The van der Waals surface area contributed by atoms with E-state index in [0.29, 0.717) is 34.1 Å². The zero-order valence-corrected chi connectivity index (χ0v) is 13.6. The number of aromatic nitrogens is 3. The average molecular weight is 322 g/mol. The standard InChI is InChI=1S/C18H18N4O2/c1-10-4-3-5-12(15(10)24-2)18(23)22-17-13(16(19)21-22)8-9-14(20-17)11-6-7-11/h3-5,8-9,11H,6-7H2,1-2H3,(H2,19,21). The number of nitrogens with two attached hydrogens (primary N) is 1. The summed E-state index contributed by atoms with van der Waals surface area (Å²) in [5, 5.41) is 4.91. The van der Waals surface area contributed by atoms with E-state index in [1.807, 2.05) is 31.2 Å². The molecule has 3 aromatic rings. The molecule has 0 bridgehead atoms. The molecule has 6 nitrogen and oxygen atoms in total. The maximum Gasteiger partial charge on any atom is 0.283 e. The molecule has 2 N–H and O–H groups in total. The Morgan fingerprint density at radius 2 is 2.08 bits per heavy atom. The third-order valence-electron chi connectivity index (χ3n) is 4.42. The molecular formula is C18H18N4O2. The number of pyridine rings is 1. The molecule has 6 heteroatoms. The molecule has 1 aliphatic carbocycles. The molecule has 0 amide bonds. The summed E-state index contributed by atoms with van der Waals surface area (Å²) in [6.45, 7) is 1.90. The van der Waals surface area contributed by atoms with Crippen LogP contribution in [0.5, 0.6) is 5.75 Å². The number of anilines is 1. The lowest BCUT2D eigenvalue weighted by Crippen LogP contribution is -2.16. The number of rotatable bonds is 3. The SMILES string of the molecule is COc1c(C)cccc1C(=O)n1nc(N)c2ccc(C3CC3)nc21. The topological polar surface area (TPSA) is 83.0 Å². The van der Waals surface area contributed by atoms with Gasteiger partial charge in [-0.05, 0) is 43.5 Å². The number of fused-ring (bicyclic) bond motifs is 1. The van der Waals surface area contributed by atoms with Gasteiger partial charge < -0.3 is 10.5 Å². The number of para-hydroxylation sites is 1. The Balaban J connectivity index is 1.88. The van der Waals surface area contributed by atoms with Crippen LogP contribution in [0.1, 0.15) is 40.4 Å². The van der Waals surface area contributed by atoms with Crippen molar-refractivity contribution in [3.63, 3.8) is 0 Å². The van der Waals surface area contributed by atoms with Crippen molar-refractivity contribution in [1.82, 2.24) is 14.8 Å². The van der Waals surface area contributed by atoms with Crippen molar-refractivity contribution in [1.29, 1.82) is 0 Å². The molecule has 1 aromatic carbocycles. The fourth-order valence-electron chi connectivity index (χ4n) is 2.99. The highest BCUT2D eigenvalue weighted by atomic mass is 16.5. The van der Waals surface area contributed by atoms with Crippen LogP contribution in [0.2, 0.25) is 0 Å². The predicted molar refractivity (Wildman–Crippen MR) is 91.4 cm³/mol. The molecule has 24 heavy (non-hydrogen) atoms. The van der Waals surface area contributed by atoms with E-state index in [-0.39, 0.29) is 5.91 Å². The zero-order valence-electron chi connectivity index (χ0n) is 13.6. The first-order chi connectivity index (χ1) is 11.6. The van der Waals surface area contributed by atoms with E-state index >= 15 is 0 Å². The van der Waals surface area contributed by atoms with Gasteiger partial charge in [0.2, 0.25) is 0 Å². The second-order valence-electron chi connectivity index (χ2n) is 6.14. The lowest BCUT2D eigenvalue weighted by Gasteiger charge is -2.10. The number of nitrogens with zero attached hydrogens (tertiary/aromatic N) is 3. The molecule has 0 radical (unpaired) electrons. The molecule has 1 fully saturated rings. The normalized spacial score (nSPS) is 14.1. The van der Waals surface area contributed by atoms with Crippen molar-refractivity contribution >= 4 is 22.8 Å². The Bertz CT molecular complexity index is 957. The van der Waals surface area contributed by atoms with Crippen LogP contribution < -0.4 is 10.5 Å². The van der Waals surface area contributed by atoms with Gasteiger partial charge in [0.1, 0.15) is 5.75 Å². The van der Waals surface area contributed by atoms with Gasteiger partial charge in [-0.25, -0.2) is 4.98 Å². The quantitative estimate of drug-likeness (QED) is 0.801. The molecule has 2 aromatic heterocycles. The maximum atomic E-state index is 13.0. The minimum absolute atomic E-state index is 0.294. The highest BCUT2D eigenvalue weighted by Crippen LogP contribution is 2.39. The van der Waals surface area contributed by atoms with Crippen LogP contribution in [0.25, 0.3) is 11.0 Å². The van der Waals surface area contributed by atoms with Crippen molar-refractivity contribution in [3.8, 4) is 5.75 Å². The van der Waals surface area contributed by atoms with Crippen LogP contribution in [-0.2, 0) is 0 Å². The fraction of sp³-hybridized carbons (Fsp3) is 0.278. The molecule has 1 saturated carbocycles. The Kier molecular flexibility index (Phi) is 3.26. The predicted octanol–water partition coefficient (Wildman–Crippen LogP) is 2.90. The van der Waals surface area contributed by atoms with E-state index < -0.39 is 0 Å². The van der Waals surface area contributed by atoms with Gasteiger partial charge in [0.25, 0.3) is 5.91 Å². The van der Waals surface area contributed by atoms with Gasteiger partial charge in [0.15, 0.2) is 11.5 Å². The first kappa shape index (κ1) is 14.7. The minimum Gasteiger partial charge on any atom is -0.496 e. The van der Waals surface area contributed by atoms with E-state index in [0.717, 1.165) is 24.1 Å². The molecule has 0 spiro atoms. The number of carbonyl (C=O) groups is 1. The third-order valence-corrected chi connectivity index (χ3v) is 4.42. The van der Waals surface area contributed by atoms with Gasteiger partial charge in [0, 0.05) is 11.6 Å². The largest absolute Gasteiger partial charge is 0.496 e. The number of hydrogen-bond acceptors (Lipinski definition) is 5. The summed E-state index contributed by atoms with van der Waals surface area (Å²) in [4.78, 5) is 17.7. The second kappa shape index (κ2) is 5.33. The Labute approximate surface area is 139 Å². The number of aryl methyl sites for hydroxylation is 1. The molecule has 0 atom stereocenters. The van der Waals surface area contributed by atoms with Gasteiger partial charge in [-0.1, -0.05) is 12.1 Å². The van der Waals surface area contributed by atoms with E-state index in [4.69, 9.17) is 10.5 Å². The molecule has 2 heterocycles. The van der Waals surface area contributed by atoms with Crippen LogP contribution in [0.3, 0.4) is 0 Å². The molecule has 122 valence electrons. The van der Waals surface area contributed by atoms with Crippen LogP contribution in [-0.4, -0.2) is 27.8 Å². The van der Waals surface area contributed by atoms with Crippen LogP contribution >= 0.6 is 0 Å². The summed E-state index contributed by atoms with van der Waals surface area (Å²) in [5.41, 5.74) is 8.81. The van der Waals surface area contributed by atoms with Crippen molar-refractivity contribution in [2.45, 2.75) is 25.7 Å². The Hall–Kier alpha value is -2.89. The maximum absolute atomic E-state index is 13.0. The highest BCUT2D eigenvalue weighted by molar-refractivity contribution is 6.04. The molecular weight excluding hydrogens is 304 g/mol. The summed E-state index contributed by atoms with van der Waals surface area (Å²) in [5.74, 6) is 1.04. The molecule has 1 aliphatic rings. The second-order valence-corrected chi connectivity index (χ2v) is 6.14. The van der Waals surface area contributed by atoms with Gasteiger partial charge in [0.05, 0.1) is 18.1 Å². The number of hydrogen-bond donors (Lipinski definition) is 1. The van der Waals surface area contributed by atoms with Crippen molar-refractivity contribution in [2.75, 3.05) is 12.8 Å². The number of carbonyl (C=O) groups excluding carboxylic acids is 1. The summed E-state index contributed by atoms with van der Waals surface area (Å²) < 4.78 is 6.68. The third kappa shape index (κ3) is 2.22. The van der Waals surface area contributed by atoms with E-state index in [1.54, 1.807) is 13.2 Å². The van der Waals surface area contributed by atoms with Gasteiger partial charge in [-0.15, -0.1) is 5.10 Å². The lowest BCUT2D eigenvalue weighted by molar-refractivity contribution is 0.0947. The van der Waals surface area contributed by atoms with Crippen molar-refractivity contribution in [2.24, 2.45) is 0 Å². The molecule has 0 saturated heterocycles. The van der Waals surface area contributed by atoms with Crippen molar-refractivity contribution < 1.29 is 9.53 Å². The first-order valence-corrected chi connectivity index (χ1v) is 7.93. The lowest BCUT2D eigenvalue weighted by atomic mass is 10.1. The number of ether oxygens (including phenoxy) is 1. The highest BCUT2D eigenvalue weighted by Gasteiger charge is 2.27. The Morgan fingerprint density at radius 1 is 1.29 bits per heavy atom. The Morgan fingerprint density at radius 3 is 2.79 bits per heavy atom. The number of nitrogen functional groups attached to an aromatic ring is 1. The van der Waals surface area contributed by atoms with Gasteiger partial charge >= 0.3 is 0 Å². The number of methoxy groups -OCH3 is 1. The van der Waals surface area contributed by atoms with Crippen LogP contribution in [0, 0.1) is 6.92 Å². The van der Waals surface area contributed by atoms with Crippen LogP contribution in [0.4, 0.5) is 5.82 Å². The van der Waals surface area contributed by atoms with Crippen LogP contribution in [0.15, 0.2) is 30.3 Å².